The number of nitrogen functional groups attached to an aromatic ring is 1. The lowest BCUT2D eigenvalue weighted by atomic mass is 10.1. The fourth-order valence-electron chi connectivity index (χ4n) is 1.80. The highest BCUT2D eigenvalue weighted by molar-refractivity contribution is 6.07. The molecule has 0 spiro atoms. The van der Waals surface area contributed by atoms with Crippen LogP contribution in [-0.4, -0.2) is 28.1 Å². The lowest BCUT2D eigenvalue weighted by molar-refractivity contribution is 0.0989. The first-order valence-electron chi connectivity index (χ1n) is 6.04. The van der Waals surface area contributed by atoms with E-state index < -0.39 is 0 Å². The number of H-pyrrole nitrogens is 1. The average Bonchev–Trinajstić information content (AvgIpc) is 2.80. The van der Waals surface area contributed by atoms with Crippen molar-refractivity contribution in [3.63, 3.8) is 0 Å². The standard InChI is InChI=1S/C13H17N5O/c1-8(2)11-10(14)12(17-16-11)13(19)18(3)9-5-4-6-15-7-9/h4-8H,14H2,1-3H3,(H,16,17). The smallest absolute Gasteiger partial charge is 0.280 e. The number of anilines is 2. The van der Waals surface area contributed by atoms with E-state index in [-0.39, 0.29) is 17.5 Å². The average molecular weight is 259 g/mol. The Morgan fingerprint density at radius 2 is 2.21 bits per heavy atom. The van der Waals surface area contributed by atoms with Crippen molar-refractivity contribution in [2.75, 3.05) is 17.7 Å². The number of carbonyl (C=O) groups is 1. The van der Waals surface area contributed by atoms with Crippen molar-refractivity contribution in [1.29, 1.82) is 0 Å². The topological polar surface area (TPSA) is 87.9 Å². The molecule has 0 saturated carbocycles. The highest BCUT2D eigenvalue weighted by atomic mass is 16.2. The summed E-state index contributed by atoms with van der Waals surface area (Å²) in [4.78, 5) is 17.8. The summed E-state index contributed by atoms with van der Waals surface area (Å²) in [6.07, 6.45) is 3.27. The molecule has 6 heteroatoms. The largest absolute Gasteiger partial charge is 0.395 e. The fourth-order valence-corrected chi connectivity index (χ4v) is 1.80. The summed E-state index contributed by atoms with van der Waals surface area (Å²) in [6, 6.07) is 3.57. The Balaban J connectivity index is 2.30. The van der Waals surface area contributed by atoms with E-state index >= 15 is 0 Å². The van der Waals surface area contributed by atoms with Crippen LogP contribution in [0.3, 0.4) is 0 Å². The molecular weight excluding hydrogens is 242 g/mol. The molecule has 0 atom stereocenters. The molecular formula is C13H17N5O. The zero-order valence-electron chi connectivity index (χ0n) is 11.2. The van der Waals surface area contributed by atoms with Gasteiger partial charge in [-0.1, -0.05) is 13.8 Å². The van der Waals surface area contributed by atoms with Crippen molar-refractivity contribution in [1.82, 2.24) is 15.2 Å². The molecule has 0 fully saturated rings. The zero-order valence-corrected chi connectivity index (χ0v) is 11.2. The van der Waals surface area contributed by atoms with Crippen LogP contribution < -0.4 is 10.6 Å². The Kier molecular flexibility index (Phi) is 3.50. The number of amides is 1. The van der Waals surface area contributed by atoms with E-state index in [1.54, 1.807) is 31.6 Å². The highest BCUT2D eigenvalue weighted by Gasteiger charge is 2.22. The molecule has 2 rings (SSSR count). The summed E-state index contributed by atoms with van der Waals surface area (Å²) in [7, 11) is 1.67. The number of hydrogen-bond donors (Lipinski definition) is 2. The van der Waals surface area contributed by atoms with E-state index in [1.807, 2.05) is 13.8 Å². The third kappa shape index (κ3) is 2.42. The number of carbonyl (C=O) groups excluding carboxylic acids is 1. The predicted molar refractivity (Wildman–Crippen MR) is 74.1 cm³/mol. The van der Waals surface area contributed by atoms with Gasteiger partial charge in [0.2, 0.25) is 0 Å². The Labute approximate surface area is 111 Å². The molecule has 0 unspecified atom stereocenters. The number of aromatic amines is 1. The molecule has 3 N–H and O–H groups in total. The van der Waals surface area contributed by atoms with Crippen LogP contribution in [-0.2, 0) is 0 Å². The fraction of sp³-hybridized carbons (Fsp3) is 0.308. The first kappa shape index (κ1) is 13.1. The lowest BCUT2D eigenvalue weighted by Gasteiger charge is -2.15. The molecule has 2 heterocycles. The minimum absolute atomic E-state index is 0.192. The number of nitrogens with one attached hydrogen (secondary N) is 1. The summed E-state index contributed by atoms with van der Waals surface area (Å²) in [6.45, 7) is 3.98. The van der Waals surface area contributed by atoms with Crippen LogP contribution in [0.5, 0.6) is 0 Å². The molecule has 0 aliphatic rings. The number of rotatable bonds is 3. The van der Waals surface area contributed by atoms with Gasteiger partial charge in [0.25, 0.3) is 5.91 Å². The van der Waals surface area contributed by atoms with Crippen molar-refractivity contribution in [3.8, 4) is 0 Å². The number of nitrogens with two attached hydrogens (primary N) is 1. The van der Waals surface area contributed by atoms with E-state index in [0.717, 1.165) is 5.69 Å². The first-order valence-corrected chi connectivity index (χ1v) is 6.04. The van der Waals surface area contributed by atoms with Gasteiger partial charge in [0, 0.05) is 13.2 Å². The Morgan fingerprint density at radius 1 is 1.47 bits per heavy atom. The third-order valence-corrected chi connectivity index (χ3v) is 2.95. The van der Waals surface area contributed by atoms with Crippen molar-refractivity contribution in [2.24, 2.45) is 0 Å². The molecule has 0 radical (unpaired) electrons. The lowest BCUT2D eigenvalue weighted by Crippen LogP contribution is -2.27. The summed E-state index contributed by atoms with van der Waals surface area (Å²) < 4.78 is 0. The maximum atomic E-state index is 12.3. The molecule has 1 amide bonds. The zero-order chi connectivity index (χ0) is 14.0. The minimum atomic E-state index is -0.256. The molecule has 2 aromatic rings. The van der Waals surface area contributed by atoms with Crippen LogP contribution in [0, 0.1) is 0 Å². The molecule has 0 aliphatic carbocycles. The van der Waals surface area contributed by atoms with Gasteiger partial charge < -0.3 is 10.6 Å². The van der Waals surface area contributed by atoms with Crippen LogP contribution in [0.25, 0.3) is 0 Å². The summed E-state index contributed by atoms with van der Waals surface area (Å²) in [5, 5.41) is 6.84. The molecule has 0 aromatic carbocycles. The maximum Gasteiger partial charge on any atom is 0.280 e. The molecule has 19 heavy (non-hydrogen) atoms. The Bertz CT molecular complexity index is 576. The molecule has 6 nitrogen and oxygen atoms in total. The highest BCUT2D eigenvalue weighted by Crippen LogP contribution is 2.24. The van der Waals surface area contributed by atoms with Crippen molar-refractivity contribution in [3.05, 3.63) is 35.9 Å². The molecule has 0 aliphatic heterocycles. The van der Waals surface area contributed by atoms with Crippen LogP contribution in [0.2, 0.25) is 0 Å². The summed E-state index contributed by atoms with van der Waals surface area (Å²) in [5.74, 6) is -0.0635. The van der Waals surface area contributed by atoms with Gasteiger partial charge >= 0.3 is 0 Å². The van der Waals surface area contributed by atoms with Crippen molar-refractivity contribution in [2.45, 2.75) is 19.8 Å². The Hall–Kier alpha value is -2.37. The van der Waals surface area contributed by atoms with Crippen LogP contribution in [0.1, 0.15) is 35.9 Å². The van der Waals surface area contributed by atoms with Gasteiger partial charge in [0.15, 0.2) is 5.69 Å². The summed E-state index contributed by atoms with van der Waals surface area (Å²) >= 11 is 0. The van der Waals surface area contributed by atoms with Gasteiger partial charge in [-0.25, -0.2) is 0 Å². The van der Waals surface area contributed by atoms with E-state index in [2.05, 4.69) is 15.2 Å². The van der Waals surface area contributed by atoms with Crippen LogP contribution in [0.15, 0.2) is 24.5 Å². The van der Waals surface area contributed by atoms with Crippen LogP contribution in [0.4, 0.5) is 11.4 Å². The van der Waals surface area contributed by atoms with Gasteiger partial charge in [0.05, 0.1) is 23.3 Å². The molecule has 100 valence electrons. The maximum absolute atomic E-state index is 12.3. The number of pyridine rings is 1. The van der Waals surface area contributed by atoms with Gasteiger partial charge in [-0.05, 0) is 18.1 Å². The first-order chi connectivity index (χ1) is 9.02. The third-order valence-electron chi connectivity index (χ3n) is 2.95. The van der Waals surface area contributed by atoms with E-state index in [0.29, 0.717) is 11.4 Å². The van der Waals surface area contributed by atoms with Gasteiger partial charge in [-0.15, -0.1) is 0 Å². The summed E-state index contributed by atoms with van der Waals surface area (Å²) in [5.41, 5.74) is 8.10. The second kappa shape index (κ2) is 5.09. The second-order valence-corrected chi connectivity index (χ2v) is 4.63. The predicted octanol–water partition coefficient (Wildman–Crippen LogP) is 1.79. The monoisotopic (exact) mass is 259 g/mol. The van der Waals surface area contributed by atoms with Crippen LogP contribution >= 0.6 is 0 Å². The van der Waals surface area contributed by atoms with Gasteiger partial charge in [0.1, 0.15) is 0 Å². The Morgan fingerprint density at radius 3 is 2.74 bits per heavy atom. The minimum Gasteiger partial charge on any atom is -0.395 e. The molecule has 0 bridgehead atoms. The number of aromatic nitrogens is 3. The second-order valence-electron chi connectivity index (χ2n) is 4.63. The van der Waals surface area contributed by atoms with E-state index in [1.165, 1.54) is 4.90 Å². The quantitative estimate of drug-likeness (QED) is 0.879. The SMILES string of the molecule is CC(C)c1[nH]nc(C(=O)N(C)c2cccnc2)c1N. The van der Waals surface area contributed by atoms with Crippen molar-refractivity contribution < 1.29 is 4.79 Å². The molecule has 0 saturated heterocycles. The number of hydrogen-bond acceptors (Lipinski definition) is 4. The van der Waals surface area contributed by atoms with E-state index in [9.17, 15) is 4.79 Å². The van der Waals surface area contributed by atoms with Gasteiger partial charge in [-0.3, -0.25) is 14.9 Å². The van der Waals surface area contributed by atoms with Gasteiger partial charge in [-0.2, -0.15) is 5.10 Å². The normalized spacial score (nSPS) is 10.7. The van der Waals surface area contributed by atoms with Crippen molar-refractivity contribution >= 4 is 17.3 Å². The molecule has 2 aromatic heterocycles. The number of nitrogens with zero attached hydrogens (tertiary/aromatic N) is 3. The van der Waals surface area contributed by atoms with E-state index in [4.69, 9.17) is 5.73 Å².